The van der Waals surface area contributed by atoms with Crippen LogP contribution in [0.1, 0.15) is 44.7 Å². The highest BCUT2D eigenvalue weighted by Gasteiger charge is 2.11. The Hall–Kier alpha value is -0.840. The topological polar surface area (TPSA) is 38.2 Å². The Morgan fingerprint density at radius 2 is 1.79 bits per heavy atom. The van der Waals surface area contributed by atoms with Crippen molar-refractivity contribution < 1.29 is 4.74 Å². The average Bonchev–Trinajstić information content (AvgIpc) is 2.37. The summed E-state index contributed by atoms with van der Waals surface area (Å²) in [5.74, 6) is 1.33. The first kappa shape index (κ1) is 16.2. The lowest BCUT2D eigenvalue weighted by Crippen LogP contribution is -2.14. The molecule has 0 unspecified atom stereocenters. The summed E-state index contributed by atoms with van der Waals surface area (Å²) in [5, 5.41) is 0. The summed E-state index contributed by atoms with van der Waals surface area (Å²) in [6.45, 7) is 4.89. The summed E-state index contributed by atoms with van der Waals surface area (Å²) in [4.78, 5) is 10.7. The number of ether oxygens (including phenoxy) is 1. The minimum absolute atomic E-state index is 0.645. The van der Waals surface area contributed by atoms with Gasteiger partial charge >= 0.3 is 0 Å². The quantitative estimate of drug-likeness (QED) is 0.676. The number of rotatable bonds is 8. The lowest BCUT2D eigenvalue weighted by atomic mass is 10.2. The van der Waals surface area contributed by atoms with Crippen LogP contribution in [-0.2, 0) is 0 Å². The van der Waals surface area contributed by atoms with Crippen LogP contribution in [0.4, 0.5) is 5.95 Å². The van der Waals surface area contributed by atoms with Gasteiger partial charge < -0.3 is 9.64 Å². The van der Waals surface area contributed by atoms with E-state index in [0.717, 1.165) is 16.6 Å². The molecule has 0 radical (unpaired) electrons. The molecule has 0 amide bonds. The van der Waals surface area contributed by atoms with Gasteiger partial charge in [-0.05, 0) is 29.3 Å². The number of unbranched alkanes of at least 4 members (excludes halogenated alkanes) is 4. The molecule has 1 rings (SSSR count). The highest BCUT2D eigenvalue weighted by atomic mass is 79.9. The Morgan fingerprint density at radius 1 is 1.11 bits per heavy atom. The maximum atomic E-state index is 5.76. The monoisotopic (exact) mass is 329 g/mol. The van der Waals surface area contributed by atoms with E-state index in [9.17, 15) is 0 Å². The first-order valence-electron chi connectivity index (χ1n) is 6.90. The van der Waals surface area contributed by atoms with Crippen LogP contribution in [-0.4, -0.2) is 30.7 Å². The largest absolute Gasteiger partial charge is 0.477 e. The van der Waals surface area contributed by atoms with Gasteiger partial charge in [0.2, 0.25) is 11.8 Å². The third-order valence-electron chi connectivity index (χ3n) is 2.86. The van der Waals surface area contributed by atoms with Crippen LogP contribution in [0.25, 0.3) is 0 Å². The zero-order valence-electron chi connectivity index (χ0n) is 12.4. The molecular formula is C14H24BrN3O. The minimum atomic E-state index is 0.645. The Kier molecular flexibility index (Phi) is 7.13. The van der Waals surface area contributed by atoms with Crippen molar-refractivity contribution in [2.75, 3.05) is 25.6 Å². The summed E-state index contributed by atoms with van der Waals surface area (Å²) in [6.07, 6.45) is 6.15. The Labute approximate surface area is 124 Å². The van der Waals surface area contributed by atoms with Gasteiger partial charge in [-0.15, -0.1) is 0 Å². The van der Waals surface area contributed by atoms with Crippen molar-refractivity contribution in [3.05, 3.63) is 10.2 Å². The van der Waals surface area contributed by atoms with Crippen molar-refractivity contribution in [2.24, 2.45) is 0 Å². The second-order valence-electron chi connectivity index (χ2n) is 4.89. The van der Waals surface area contributed by atoms with E-state index < -0.39 is 0 Å². The summed E-state index contributed by atoms with van der Waals surface area (Å²) in [7, 11) is 3.86. The SMILES string of the molecule is CCCCCCCOc1nc(N(C)C)nc(C)c1Br. The molecular weight excluding hydrogens is 306 g/mol. The third kappa shape index (κ3) is 5.35. The normalized spacial score (nSPS) is 10.6. The molecule has 0 saturated carbocycles. The number of aromatic nitrogens is 2. The molecule has 0 bridgehead atoms. The van der Waals surface area contributed by atoms with E-state index in [4.69, 9.17) is 4.74 Å². The van der Waals surface area contributed by atoms with Gasteiger partial charge in [0.25, 0.3) is 0 Å². The molecule has 0 atom stereocenters. The lowest BCUT2D eigenvalue weighted by molar-refractivity contribution is 0.291. The van der Waals surface area contributed by atoms with Crippen LogP contribution >= 0.6 is 15.9 Å². The predicted octanol–water partition coefficient (Wildman–Crippen LogP) is 3.96. The van der Waals surface area contributed by atoms with Crippen LogP contribution in [0.2, 0.25) is 0 Å². The number of halogens is 1. The zero-order valence-corrected chi connectivity index (χ0v) is 14.0. The predicted molar refractivity (Wildman–Crippen MR) is 83.1 cm³/mol. The molecule has 0 aliphatic rings. The van der Waals surface area contributed by atoms with E-state index in [0.29, 0.717) is 18.4 Å². The number of hydrogen-bond donors (Lipinski definition) is 0. The summed E-state index contributed by atoms with van der Waals surface area (Å²) < 4.78 is 6.62. The van der Waals surface area contributed by atoms with Crippen molar-refractivity contribution in [1.82, 2.24) is 9.97 Å². The van der Waals surface area contributed by atoms with E-state index >= 15 is 0 Å². The third-order valence-corrected chi connectivity index (χ3v) is 3.77. The van der Waals surface area contributed by atoms with Crippen LogP contribution in [0.3, 0.4) is 0 Å². The lowest BCUT2D eigenvalue weighted by Gasteiger charge is -2.14. The molecule has 0 spiro atoms. The molecule has 0 aromatic carbocycles. The molecule has 19 heavy (non-hydrogen) atoms. The fourth-order valence-corrected chi connectivity index (χ4v) is 1.98. The molecule has 0 fully saturated rings. The highest BCUT2D eigenvalue weighted by molar-refractivity contribution is 9.10. The molecule has 108 valence electrons. The number of anilines is 1. The summed E-state index contributed by atoms with van der Waals surface area (Å²) in [6, 6.07) is 0. The van der Waals surface area contributed by atoms with Gasteiger partial charge in [-0.25, -0.2) is 4.98 Å². The number of aryl methyl sites for hydroxylation is 1. The zero-order chi connectivity index (χ0) is 14.3. The molecule has 1 heterocycles. The van der Waals surface area contributed by atoms with Crippen LogP contribution in [0.5, 0.6) is 5.88 Å². The standard InChI is InChI=1S/C14H24BrN3O/c1-5-6-7-8-9-10-19-13-12(15)11(2)16-14(17-13)18(3)4/h5-10H2,1-4H3. The summed E-state index contributed by atoms with van der Waals surface area (Å²) >= 11 is 3.49. The molecule has 0 aliphatic carbocycles. The van der Waals surface area contributed by atoms with Crippen molar-refractivity contribution >= 4 is 21.9 Å². The van der Waals surface area contributed by atoms with Crippen LogP contribution in [0, 0.1) is 6.92 Å². The van der Waals surface area contributed by atoms with Gasteiger partial charge in [0, 0.05) is 14.1 Å². The van der Waals surface area contributed by atoms with Gasteiger partial charge in [-0.3, -0.25) is 0 Å². The smallest absolute Gasteiger partial charge is 0.233 e. The Morgan fingerprint density at radius 3 is 2.42 bits per heavy atom. The van der Waals surface area contributed by atoms with Gasteiger partial charge in [-0.1, -0.05) is 32.6 Å². The van der Waals surface area contributed by atoms with Crippen molar-refractivity contribution in [3.63, 3.8) is 0 Å². The molecule has 0 N–H and O–H groups in total. The Balaban J connectivity index is 2.52. The van der Waals surface area contributed by atoms with Crippen molar-refractivity contribution in [1.29, 1.82) is 0 Å². The molecule has 5 heteroatoms. The second kappa shape index (κ2) is 8.35. The van der Waals surface area contributed by atoms with Crippen LogP contribution < -0.4 is 9.64 Å². The molecule has 0 saturated heterocycles. The van der Waals surface area contributed by atoms with Gasteiger partial charge in [-0.2, -0.15) is 4.98 Å². The molecule has 0 aliphatic heterocycles. The number of hydrogen-bond acceptors (Lipinski definition) is 4. The Bertz CT molecular complexity index is 397. The first-order chi connectivity index (χ1) is 9.06. The van der Waals surface area contributed by atoms with E-state index in [-0.39, 0.29) is 0 Å². The van der Waals surface area contributed by atoms with E-state index in [1.807, 2.05) is 25.9 Å². The van der Waals surface area contributed by atoms with Gasteiger partial charge in [0.1, 0.15) is 4.47 Å². The number of nitrogens with zero attached hydrogens (tertiary/aromatic N) is 3. The fraction of sp³-hybridized carbons (Fsp3) is 0.714. The fourth-order valence-electron chi connectivity index (χ4n) is 1.69. The second-order valence-corrected chi connectivity index (χ2v) is 5.68. The average molecular weight is 330 g/mol. The minimum Gasteiger partial charge on any atom is -0.477 e. The highest BCUT2D eigenvalue weighted by Crippen LogP contribution is 2.27. The van der Waals surface area contributed by atoms with Gasteiger partial charge in [0.05, 0.1) is 12.3 Å². The van der Waals surface area contributed by atoms with E-state index in [1.165, 1.54) is 25.7 Å². The first-order valence-corrected chi connectivity index (χ1v) is 7.69. The van der Waals surface area contributed by atoms with Crippen molar-refractivity contribution in [3.8, 4) is 5.88 Å². The maximum Gasteiger partial charge on any atom is 0.233 e. The van der Waals surface area contributed by atoms with E-state index in [2.05, 4.69) is 32.8 Å². The van der Waals surface area contributed by atoms with E-state index in [1.54, 1.807) is 0 Å². The van der Waals surface area contributed by atoms with Crippen LogP contribution in [0.15, 0.2) is 4.47 Å². The maximum absolute atomic E-state index is 5.76. The van der Waals surface area contributed by atoms with Crippen molar-refractivity contribution in [2.45, 2.75) is 46.0 Å². The molecule has 4 nitrogen and oxygen atoms in total. The molecule has 1 aromatic rings. The molecule has 1 aromatic heterocycles. The summed E-state index contributed by atoms with van der Waals surface area (Å²) in [5.41, 5.74) is 0.902. The van der Waals surface area contributed by atoms with Gasteiger partial charge in [0.15, 0.2) is 0 Å².